The minimum Gasteiger partial charge on any atom is -0.281 e. The zero-order valence-electron chi connectivity index (χ0n) is 20.7. The quantitative estimate of drug-likeness (QED) is 0.280. The maximum absolute atomic E-state index is 5.25. The molecule has 0 spiro atoms. The second-order valence-electron chi connectivity index (χ2n) is 9.51. The van der Waals surface area contributed by atoms with Crippen molar-refractivity contribution in [3.05, 3.63) is 113 Å². The Labute approximate surface area is 196 Å². The molecule has 0 radical (unpaired) electrons. The molecule has 0 aliphatic carbocycles. The van der Waals surface area contributed by atoms with Gasteiger partial charge < -0.3 is 0 Å². The summed E-state index contributed by atoms with van der Waals surface area (Å²) in [6.45, 7) is 17.2. The molecule has 1 nitrogen and oxygen atoms in total. The van der Waals surface area contributed by atoms with Crippen molar-refractivity contribution in [2.24, 2.45) is 10.4 Å². The van der Waals surface area contributed by atoms with Gasteiger partial charge in [-0.1, -0.05) is 118 Å². The lowest BCUT2D eigenvalue weighted by molar-refractivity contribution is 0.420. The minimum absolute atomic E-state index is 0.0775. The van der Waals surface area contributed by atoms with Crippen LogP contribution in [0, 0.1) is 5.41 Å². The van der Waals surface area contributed by atoms with E-state index in [1.54, 1.807) is 0 Å². The molecule has 2 aromatic carbocycles. The van der Waals surface area contributed by atoms with Gasteiger partial charge in [-0.25, -0.2) is 0 Å². The normalized spacial score (nSPS) is 14.6. The van der Waals surface area contributed by atoms with Gasteiger partial charge in [0.2, 0.25) is 0 Å². The number of aliphatic imine (C=N–C) groups is 1. The van der Waals surface area contributed by atoms with Gasteiger partial charge in [0, 0.05) is 17.7 Å². The van der Waals surface area contributed by atoms with Crippen LogP contribution in [0.25, 0.3) is 6.08 Å². The van der Waals surface area contributed by atoms with Crippen molar-refractivity contribution in [2.75, 3.05) is 0 Å². The Morgan fingerprint density at radius 2 is 1.69 bits per heavy atom. The Morgan fingerprint density at radius 3 is 2.31 bits per heavy atom. The first-order valence-electron chi connectivity index (χ1n) is 11.6. The lowest BCUT2D eigenvalue weighted by Gasteiger charge is -2.18. The smallest absolute Gasteiger partial charge is 0.0724 e. The van der Waals surface area contributed by atoms with Crippen molar-refractivity contribution in [2.45, 2.75) is 60.4 Å². The second-order valence-corrected chi connectivity index (χ2v) is 9.51. The first-order chi connectivity index (χ1) is 15.2. The predicted octanol–water partition coefficient (Wildman–Crippen LogP) is 9.15. The summed E-state index contributed by atoms with van der Waals surface area (Å²) in [5.74, 6) is 0. The number of rotatable bonds is 9. The highest BCUT2D eigenvalue weighted by Gasteiger charge is 2.15. The van der Waals surface area contributed by atoms with E-state index in [0.717, 1.165) is 18.6 Å². The molecule has 2 aromatic rings. The van der Waals surface area contributed by atoms with Crippen LogP contribution in [0.1, 0.15) is 77.1 Å². The van der Waals surface area contributed by atoms with E-state index in [9.17, 15) is 0 Å². The van der Waals surface area contributed by atoms with Gasteiger partial charge in [-0.05, 0) is 49.3 Å². The summed E-state index contributed by atoms with van der Waals surface area (Å²) in [6.07, 6.45) is 12.4. The van der Waals surface area contributed by atoms with E-state index in [4.69, 9.17) is 4.99 Å². The van der Waals surface area contributed by atoms with E-state index in [-0.39, 0.29) is 11.5 Å². The molecule has 0 saturated heterocycles. The minimum atomic E-state index is 0.0775. The first kappa shape index (κ1) is 25.3. The van der Waals surface area contributed by atoms with E-state index in [1.165, 1.54) is 27.8 Å². The lowest BCUT2D eigenvalue weighted by atomic mass is 9.88. The van der Waals surface area contributed by atoms with Crippen LogP contribution in [0.15, 0.2) is 102 Å². The van der Waals surface area contributed by atoms with Gasteiger partial charge in [0.15, 0.2) is 0 Å². The van der Waals surface area contributed by atoms with E-state index >= 15 is 0 Å². The predicted molar refractivity (Wildman–Crippen MR) is 143 cm³/mol. The van der Waals surface area contributed by atoms with Gasteiger partial charge in [-0.3, -0.25) is 4.99 Å². The molecule has 2 rings (SSSR count). The Kier molecular flexibility index (Phi) is 9.65. The molecule has 0 aliphatic rings. The Bertz CT molecular complexity index is 994. The van der Waals surface area contributed by atoms with Crippen molar-refractivity contribution >= 4 is 11.8 Å². The van der Waals surface area contributed by atoms with E-state index in [1.807, 2.05) is 6.08 Å². The molecule has 0 N–H and O–H groups in total. The summed E-state index contributed by atoms with van der Waals surface area (Å²) < 4.78 is 0. The van der Waals surface area contributed by atoms with Gasteiger partial charge in [0.25, 0.3) is 0 Å². The molecule has 0 bridgehead atoms. The van der Waals surface area contributed by atoms with Crippen molar-refractivity contribution in [3.63, 3.8) is 0 Å². The monoisotopic (exact) mass is 425 g/mol. The van der Waals surface area contributed by atoms with Crippen LogP contribution < -0.4 is 0 Å². The fraction of sp³-hybridized carbons (Fsp3) is 0.323. The highest BCUT2D eigenvalue weighted by atomic mass is 14.8. The van der Waals surface area contributed by atoms with Crippen LogP contribution >= 0.6 is 0 Å². The third-order valence-corrected chi connectivity index (χ3v) is 5.45. The largest absolute Gasteiger partial charge is 0.281 e. The van der Waals surface area contributed by atoms with Gasteiger partial charge >= 0.3 is 0 Å². The molecule has 0 fully saturated rings. The van der Waals surface area contributed by atoms with Crippen molar-refractivity contribution < 1.29 is 0 Å². The average molecular weight is 426 g/mol. The molecule has 0 heterocycles. The zero-order valence-corrected chi connectivity index (χ0v) is 20.7. The van der Waals surface area contributed by atoms with Gasteiger partial charge in [-0.15, -0.1) is 0 Å². The van der Waals surface area contributed by atoms with Crippen molar-refractivity contribution in [3.8, 4) is 0 Å². The van der Waals surface area contributed by atoms with Gasteiger partial charge in [0.1, 0.15) is 0 Å². The molecular formula is C31H39N. The van der Waals surface area contributed by atoms with E-state index < -0.39 is 0 Å². The third-order valence-electron chi connectivity index (χ3n) is 5.45. The van der Waals surface area contributed by atoms with Gasteiger partial charge in [0.05, 0.1) is 6.04 Å². The highest BCUT2D eigenvalue weighted by molar-refractivity contribution is 6.05. The SMILES string of the molecule is C=C/C=C(C/C(=N/C(C)c1ccccc1)c1ccccc1/C=C\C)\C(C)=C/CC(C)(C)C. The summed E-state index contributed by atoms with van der Waals surface area (Å²) in [7, 11) is 0. The summed E-state index contributed by atoms with van der Waals surface area (Å²) in [4.78, 5) is 5.25. The van der Waals surface area contributed by atoms with E-state index in [0.29, 0.717) is 0 Å². The van der Waals surface area contributed by atoms with Crippen LogP contribution in [0.4, 0.5) is 0 Å². The molecular weight excluding hydrogens is 386 g/mol. The van der Waals surface area contributed by atoms with Crippen molar-refractivity contribution in [1.29, 1.82) is 0 Å². The average Bonchev–Trinajstić information content (AvgIpc) is 2.77. The summed E-state index contributed by atoms with van der Waals surface area (Å²) in [5.41, 5.74) is 7.53. The topological polar surface area (TPSA) is 12.4 Å². The standard InChI is InChI=1S/C31H39N/c1-8-15-27-19-13-14-20-29(27)30(32-25(4)26-17-11-10-12-18-26)23-28(16-9-2)24(3)21-22-31(5,6)7/h8-21,25H,2,22-23H2,1,3-7H3/b15-8-,24-21-,28-16-,32-30-. The van der Waals surface area contributed by atoms with Gasteiger partial charge in [-0.2, -0.15) is 0 Å². The molecule has 0 saturated carbocycles. The third kappa shape index (κ3) is 7.96. The molecule has 0 aromatic heterocycles. The summed E-state index contributed by atoms with van der Waals surface area (Å²) >= 11 is 0. The second kappa shape index (κ2) is 12.2. The fourth-order valence-corrected chi connectivity index (χ4v) is 3.58. The number of benzene rings is 2. The number of hydrogen-bond acceptors (Lipinski definition) is 1. The Balaban J connectivity index is 2.54. The molecule has 0 amide bonds. The van der Waals surface area contributed by atoms with Crippen LogP contribution in [-0.2, 0) is 0 Å². The van der Waals surface area contributed by atoms with E-state index in [2.05, 4.69) is 127 Å². The number of allylic oxidation sites excluding steroid dienone is 6. The highest BCUT2D eigenvalue weighted by Crippen LogP contribution is 2.27. The first-order valence-corrected chi connectivity index (χ1v) is 11.6. The van der Waals surface area contributed by atoms with Crippen molar-refractivity contribution in [1.82, 2.24) is 0 Å². The number of nitrogens with zero attached hydrogens (tertiary/aromatic N) is 1. The molecule has 32 heavy (non-hydrogen) atoms. The number of hydrogen-bond donors (Lipinski definition) is 0. The molecule has 1 unspecified atom stereocenters. The fourth-order valence-electron chi connectivity index (χ4n) is 3.58. The molecule has 168 valence electrons. The maximum Gasteiger partial charge on any atom is 0.0724 e. The van der Waals surface area contributed by atoms with Crippen LogP contribution in [0.3, 0.4) is 0 Å². The Morgan fingerprint density at radius 1 is 1.03 bits per heavy atom. The maximum atomic E-state index is 5.25. The van der Waals surface area contributed by atoms with Crippen LogP contribution in [0.2, 0.25) is 0 Å². The summed E-state index contributed by atoms with van der Waals surface area (Å²) in [6, 6.07) is 19.1. The van der Waals surface area contributed by atoms with Crippen LogP contribution in [0.5, 0.6) is 0 Å². The molecule has 0 aliphatic heterocycles. The summed E-state index contributed by atoms with van der Waals surface area (Å²) in [5, 5.41) is 0. The zero-order chi connectivity index (χ0) is 23.6. The molecule has 1 atom stereocenters. The Hall–Kier alpha value is -2.93. The lowest BCUT2D eigenvalue weighted by Crippen LogP contribution is -2.09. The van der Waals surface area contributed by atoms with Crippen LogP contribution in [-0.4, -0.2) is 5.71 Å². The molecule has 1 heteroatoms.